The first-order valence-corrected chi connectivity index (χ1v) is 12.2. The van der Waals surface area contributed by atoms with Crippen molar-refractivity contribution in [2.24, 2.45) is 0 Å². The number of anilines is 2. The van der Waals surface area contributed by atoms with Gasteiger partial charge in [-0.1, -0.05) is 12.1 Å². The lowest BCUT2D eigenvalue weighted by Crippen LogP contribution is -2.50. The zero-order valence-corrected chi connectivity index (χ0v) is 18.1. The summed E-state index contributed by atoms with van der Waals surface area (Å²) in [6.45, 7) is 2.62. The van der Waals surface area contributed by atoms with Gasteiger partial charge >= 0.3 is 0 Å². The average Bonchev–Trinajstić information content (AvgIpc) is 3.41. The Morgan fingerprint density at radius 2 is 1.87 bits per heavy atom. The van der Waals surface area contributed by atoms with Crippen molar-refractivity contribution in [3.8, 4) is 0 Å². The second kappa shape index (κ2) is 8.84. The second-order valence-corrected chi connectivity index (χ2v) is 10.5. The molecule has 1 aromatic heterocycles. The van der Waals surface area contributed by atoms with Gasteiger partial charge in [-0.15, -0.1) is 11.3 Å². The van der Waals surface area contributed by atoms with E-state index >= 15 is 0 Å². The Labute approximate surface area is 180 Å². The van der Waals surface area contributed by atoms with Crippen molar-refractivity contribution in [2.45, 2.75) is 17.1 Å². The van der Waals surface area contributed by atoms with Crippen LogP contribution in [0.2, 0.25) is 0 Å². The fraction of sp³-hybridized carbons (Fsp3) is 0.400. The smallest absolute Gasteiger partial charge is 0.252 e. The minimum Gasteiger partial charge on any atom is -0.325 e. The summed E-state index contributed by atoms with van der Waals surface area (Å²) in [7, 11) is -3.44. The number of nitrogens with one attached hydrogen (secondary N) is 1. The number of carbonyl (C=O) groups is 2. The lowest BCUT2D eigenvalue weighted by Gasteiger charge is -2.33. The molecule has 0 unspecified atom stereocenters. The molecule has 0 spiro atoms. The van der Waals surface area contributed by atoms with Gasteiger partial charge in [0, 0.05) is 50.5 Å². The minimum absolute atomic E-state index is 0.105. The van der Waals surface area contributed by atoms with Gasteiger partial charge in [-0.05, 0) is 36.1 Å². The van der Waals surface area contributed by atoms with Crippen LogP contribution in [0.3, 0.4) is 0 Å². The molecule has 4 rings (SSSR count). The molecule has 160 valence electrons. The van der Waals surface area contributed by atoms with E-state index in [1.807, 2.05) is 23.1 Å². The Balaban J connectivity index is 1.30. The summed E-state index contributed by atoms with van der Waals surface area (Å²) < 4.78 is 27.0. The number of nitrogens with zero attached hydrogens (tertiary/aromatic N) is 3. The number of hydrogen-bond donors (Lipinski definition) is 1. The molecular weight excluding hydrogens is 424 g/mol. The van der Waals surface area contributed by atoms with Crippen LogP contribution in [0.15, 0.2) is 46.0 Å². The molecule has 2 aliphatic heterocycles. The number of benzene rings is 1. The molecule has 2 saturated heterocycles. The summed E-state index contributed by atoms with van der Waals surface area (Å²) in [6.07, 6.45) is 1.41. The first kappa shape index (κ1) is 21.0. The first-order valence-electron chi connectivity index (χ1n) is 9.90. The molecule has 0 bridgehead atoms. The van der Waals surface area contributed by atoms with E-state index in [1.165, 1.54) is 15.6 Å². The van der Waals surface area contributed by atoms with Crippen molar-refractivity contribution in [2.75, 3.05) is 49.5 Å². The van der Waals surface area contributed by atoms with E-state index in [4.69, 9.17) is 0 Å². The minimum atomic E-state index is -3.44. The van der Waals surface area contributed by atoms with Crippen LogP contribution in [-0.2, 0) is 19.6 Å². The molecule has 0 atom stereocenters. The predicted molar refractivity (Wildman–Crippen MR) is 116 cm³/mol. The number of amides is 2. The van der Waals surface area contributed by atoms with Gasteiger partial charge in [0.05, 0.1) is 6.54 Å². The van der Waals surface area contributed by atoms with E-state index < -0.39 is 10.0 Å². The Hall–Kier alpha value is -2.27. The van der Waals surface area contributed by atoms with Crippen LogP contribution in [0, 0.1) is 0 Å². The Morgan fingerprint density at radius 1 is 1.07 bits per heavy atom. The number of hydrogen-bond acceptors (Lipinski definition) is 6. The average molecular weight is 449 g/mol. The van der Waals surface area contributed by atoms with E-state index in [0.29, 0.717) is 49.0 Å². The van der Waals surface area contributed by atoms with Crippen molar-refractivity contribution in [1.82, 2.24) is 9.21 Å². The van der Waals surface area contributed by atoms with Crippen molar-refractivity contribution < 1.29 is 18.0 Å². The third-order valence-electron chi connectivity index (χ3n) is 5.30. The molecule has 2 fully saturated rings. The number of sulfonamides is 1. The second-order valence-electron chi connectivity index (χ2n) is 7.36. The number of piperazine rings is 1. The largest absolute Gasteiger partial charge is 0.325 e. The van der Waals surface area contributed by atoms with Crippen LogP contribution < -0.4 is 10.2 Å². The van der Waals surface area contributed by atoms with Crippen molar-refractivity contribution >= 4 is 44.5 Å². The summed E-state index contributed by atoms with van der Waals surface area (Å²) in [6, 6.07) is 10.6. The van der Waals surface area contributed by atoms with Gasteiger partial charge in [0.25, 0.3) is 10.0 Å². The fourth-order valence-corrected chi connectivity index (χ4v) is 6.31. The molecular formula is C20H24N4O4S2. The molecule has 10 heteroatoms. The molecule has 30 heavy (non-hydrogen) atoms. The van der Waals surface area contributed by atoms with Crippen molar-refractivity contribution in [3.63, 3.8) is 0 Å². The quantitative estimate of drug-likeness (QED) is 0.728. The van der Waals surface area contributed by atoms with E-state index in [0.717, 1.165) is 12.1 Å². The van der Waals surface area contributed by atoms with Crippen LogP contribution in [-0.4, -0.2) is 68.7 Å². The summed E-state index contributed by atoms with van der Waals surface area (Å²) >= 11 is 1.21. The number of carbonyl (C=O) groups excluding carboxylic acids is 2. The Bertz CT molecular complexity index is 1020. The summed E-state index contributed by atoms with van der Waals surface area (Å²) in [5, 5.41) is 4.64. The van der Waals surface area contributed by atoms with Crippen LogP contribution in [0.4, 0.5) is 11.4 Å². The molecule has 1 N–H and O–H groups in total. The highest BCUT2D eigenvalue weighted by Crippen LogP contribution is 2.24. The zero-order valence-electron chi connectivity index (χ0n) is 16.5. The van der Waals surface area contributed by atoms with E-state index in [9.17, 15) is 18.0 Å². The van der Waals surface area contributed by atoms with Crippen LogP contribution in [0.1, 0.15) is 12.8 Å². The fourth-order valence-electron chi connectivity index (χ4n) is 3.74. The maximum atomic E-state index is 12.6. The van der Waals surface area contributed by atoms with Crippen molar-refractivity contribution in [3.05, 3.63) is 41.8 Å². The predicted octanol–water partition coefficient (Wildman–Crippen LogP) is 1.82. The van der Waals surface area contributed by atoms with Gasteiger partial charge < -0.3 is 10.2 Å². The van der Waals surface area contributed by atoms with Gasteiger partial charge in [0.2, 0.25) is 11.8 Å². The highest BCUT2D eigenvalue weighted by Gasteiger charge is 2.29. The molecule has 1 aromatic carbocycles. The lowest BCUT2D eigenvalue weighted by atomic mass is 10.2. The molecule has 0 radical (unpaired) electrons. The molecule has 3 heterocycles. The third kappa shape index (κ3) is 4.56. The van der Waals surface area contributed by atoms with Crippen LogP contribution >= 0.6 is 11.3 Å². The Kier molecular flexibility index (Phi) is 6.19. The van der Waals surface area contributed by atoms with E-state index in [-0.39, 0.29) is 18.4 Å². The monoisotopic (exact) mass is 448 g/mol. The summed E-state index contributed by atoms with van der Waals surface area (Å²) in [5.41, 5.74) is 1.44. The number of rotatable bonds is 6. The summed E-state index contributed by atoms with van der Waals surface area (Å²) in [4.78, 5) is 28.1. The standard InChI is InChI=1S/C20H24N4O4S2/c25-18(21-16-4-1-5-17(14-16)24-8-2-6-19(24)26)15-22-9-11-23(12-10-22)30(27,28)20-7-3-13-29-20/h1,3-5,7,13-14H,2,6,8-12,15H2,(H,21,25). The maximum absolute atomic E-state index is 12.6. The summed E-state index contributed by atoms with van der Waals surface area (Å²) in [5.74, 6) is -0.0525. The third-order valence-corrected chi connectivity index (χ3v) is 8.57. The molecule has 2 amide bonds. The van der Waals surface area contributed by atoms with Gasteiger partial charge in [0.15, 0.2) is 0 Å². The SMILES string of the molecule is O=C(CN1CCN(S(=O)(=O)c2cccs2)CC1)Nc1cccc(N2CCCC2=O)c1. The first-order chi connectivity index (χ1) is 14.4. The van der Waals surface area contributed by atoms with Crippen molar-refractivity contribution in [1.29, 1.82) is 0 Å². The van der Waals surface area contributed by atoms with E-state index in [1.54, 1.807) is 28.5 Å². The van der Waals surface area contributed by atoms with E-state index in [2.05, 4.69) is 5.32 Å². The van der Waals surface area contributed by atoms with Gasteiger partial charge in [-0.2, -0.15) is 4.31 Å². The van der Waals surface area contributed by atoms with Gasteiger partial charge in [0.1, 0.15) is 4.21 Å². The molecule has 8 nitrogen and oxygen atoms in total. The lowest BCUT2D eigenvalue weighted by molar-refractivity contribution is -0.118. The van der Waals surface area contributed by atoms with Crippen LogP contribution in [0.5, 0.6) is 0 Å². The molecule has 2 aromatic rings. The zero-order chi connectivity index (χ0) is 21.1. The van der Waals surface area contributed by atoms with Crippen LogP contribution in [0.25, 0.3) is 0 Å². The Morgan fingerprint density at radius 3 is 2.53 bits per heavy atom. The highest BCUT2D eigenvalue weighted by atomic mass is 32.2. The molecule has 0 saturated carbocycles. The van der Waals surface area contributed by atoms with Gasteiger partial charge in [-0.25, -0.2) is 8.42 Å². The molecule has 2 aliphatic rings. The number of thiophene rings is 1. The molecule has 0 aliphatic carbocycles. The normalized spacial score (nSPS) is 18.7. The highest BCUT2D eigenvalue weighted by molar-refractivity contribution is 7.91. The maximum Gasteiger partial charge on any atom is 0.252 e. The topological polar surface area (TPSA) is 90.0 Å². The van der Waals surface area contributed by atoms with Gasteiger partial charge in [-0.3, -0.25) is 14.5 Å².